The first-order chi connectivity index (χ1) is 11.6. The molecule has 0 aliphatic carbocycles. The van der Waals surface area contributed by atoms with Gasteiger partial charge in [0, 0.05) is 36.3 Å². The molecule has 1 aromatic heterocycles. The molecule has 2 N–H and O–H groups in total. The van der Waals surface area contributed by atoms with Crippen molar-refractivity contribution in [1.29, 1.82) is 0 Å². The molecule has 25 heavy (non-hydrogen) atoms. The normalized spacial score (nSPS) is 17.3. The average molecular weight is 521 g/mol. The third-order valence-electron chi connectivity index (χ3n) is 3.92. The fourth-order valence-corrected chi connectivity index (χ4v) is 2.99. The maximum atomic E-state index is 5.10. The Morgan fingerprint density at radius 2 is 2.16 bits per heavy atom. The van der Waals surface area contributed by atoms with Gasteiger partial charge in [0.15, 0.2) is 11.8 Å². The van der Waals surface area contributed by atoms with Gasteiger partial charge in [0.2, 0.25) is 5.89 Å². The number of aryl methyl sites for hydroxylation is 1. The summed E-state index contributed by atoms with van der Waals surface area (Å²) in [5.74, 6) is 1.93. The first kappa shape index (κ1) is 20.0. The molecule has 0 amide bonds. The standard InChI is InChI=1S/C16H21BrN6O.HI/c1-11-20-15(24-22-11)9-19-16(18-2)21-13-7-8-23(10-13)14-5-3-12(17)4-6-14;/h3-6,13H,7-10H2,1-2H3,(H2,18,19,21);1H. The molecule has 1 saturated heterocycles. The van der Waals surface area contributed by atoms with E-state index >= 15 is 0 Å². The summed E-state index contributed by atoms with van der Waals surface area (Å²) < 4.78 is 6.19. The number of guanidine groups is 1. The number of hydrogen-bond acceptors (Lipinski definition) is 5. The molecule has 1 unspecified atom stereocenters. The Balaban J connectivity index is 0.00000225. The molecular formula is C16H22BrIN6O. The predicted octanol–water partition coefficient (Wildman–Crippen LogP) is 2.70. The summed E-state index contributed by atoms with van der Waals surface area (Å²) in [6.07, 6.45) is 1.07. The summed E-state index contributed by atoms with van der Waals surface area (Å²) in [4.78, 5) is 10.8. The van der Waals surface area contributed by atoms with Crippen LogP contribution in [0.15, 0.2) is 38.3 Å². The molecule has 7 nitrogen and oxygen atoms in total. The van der Waals surface area contributed by atoms with Crippen molar-refractivity contribution < 1.29 is 4.52 Å². The molecule has 136 valence electrons. The van der Waals surface area contributed by atoms with Crippen LogP contribution in [-0.4, -0.2) is 42.3 Å². The van der Waals surface area contributed by atoms with E-state index in [1.165, 1.54) is 5.69 Å². The van der Waals surface area contributed by atoms with E-state index in [4.69, 9.17) is 4.52 Å². The second-order valence-electron chi connectivity index (χ2n) is 5.71. The van der Waals surface area contributed by atoms with Crippen molar-refractivity contribution in [2.24, 2.45) is 4.99 Å². The van der Waals surface area contributed by atoms with Crippen LogP contribution in [0, 0.1) is 6.92 Å². The van der Waals surface area contributed by atoms with Crippen LogP contribution in [0.4, 0.5) is 5.69 Å². The lowest BCUT2D eigenvalue weighted by atomic mass is 10.3. The number of anilines is 1. The van der Waals surface area contributed by atoms with Gasteiger partial charge in [-0.2, -0.15) is 4.98 Å². The minimum atomic E-state index is 0. The quantitative estimate of drug-likeness (QED) is 0.366. The first-order valence-electron chi connectivity index (χ1n) is 7.91. The number of nitrogens with one attached hydrogen (secondary N) is 2. The number of nitrogens with zero attached hydrogens (tertiary/aromatic N) is 4. The second-order valence-corrected chi connectivity index (χ2v) is 6.63. The lowest BCUT2D eigenvalue weighted by Crippen LogP contribution is -2.44. The van der Waals surface area contributed by atoms with Crippen molar-refractivity contribution in [2.45, 2.75) is 25.9 Å². The van der Waals surface area contributed by atoms with Crippen molar-refractivity contribution >= 4 is 51.6 Å². The van der Waals surface area contributed by atoms with Gasteiger partial charge in [0.05, 0.1) is 6.54 Å². The molecule has 0 saturated carbocycles. The molecule has 0 spiro atoms. The minimum absolute atomic E-state index is 0. The number of rotatable bonds is 4. The summed E-state index contributed by atoms with van der Waals surface area (Å²) in [6.45, 7) is 4.24. The van der Waals surface area contributed by atoms with Crippen molar-refractivity contribution in [3.05, 3.63) is 40.5 Å². The number of benzene rings is 1. The molecule has 0 bridgehead atoms. The number of aromatic nitrogens is 2. The highest BCUT2D eigenvalue weighted by Crippen LogP contribution is 2.22. The van der Waals surface area contributed by atoms with Crippen molar-refractivity contribution in [3.8, 4) is 0 Å². The van der Waals surface area contributed by atoms with Crippen molar-refractivity contribution in [3.63, 3.8) is 0 Å². The largest absolute Gasteiger partial charge is 0.369 e. The van der Waals surface area contributed by atoms with Crippen LogP contribution in [0.2, 0.25) is 0 Å². The zero-order valence-electron chi connectivity index (χ0n) is 14.2. The smallest absolute Gasteiger partial charge is 0.246 e. The maximum absolute atomic E-state index is 5.10. The van der Waals surface area contributed by atoms with Gasteiger partial charge < -0.3 is 20.1 Å². The predicted molar refractivity (Wildman–Crippen MR) is 113 cm³/mol. The molecule has 9 heteroatoms. The van der Waals surface area contributed by atoms with E-state index in [1.54, 1.807) is 14.0 Å². The zero-order valence-corrected chi connectivity index (χ0v) is 18.1. The fourth-order valence-electron chi connectivity index (χ4n) is 2.72. The number of hydrogen-bond donors (Lipinski definition) is 2. The van der Waals surface area contributed by atoms with E-state index in [9.17, 15) is 0 Å². The van der Waals surface area contributed by atoms with E-state index < -0.39 is 0 Å². The molecular weight excluding hydrogens is 499 g/mol. The molecule has 0 radical (unpaired) electrons. The van der Waals surface area contributed by atoms with Crippen molar-refractivity contribution in [1.82, 2.24) is 20.8 Å². The van der Waals surface area contributed by atoms with Gasteiger partial charge in [0.25, 0.3) is 0 Å². The molecule has 1 aliphatic rings. The number of aliphatic imine (C=N–C) groups is 1. The maximum Gasteiger partial charge on any atom is 0.246 e. The lowest BCUT2D eigenvalue weighted by Gasteiger charge is -2.20. The summed E-state index contributed by atoms with van der Waals surface area (Å²) >= 11 is 3.47. The molecule has 2 heterocycles. The summed E-state index contributed by atoms with van der Waals surface area (Å²) in [5.41, 5.74) is 1.24. The Labute approximate surface area is 172 Å². The summed E-state index contributed by atoms with van der Waals surface area (Å²) in [6, 6.07) is 8.77. The van der Waals surface area contributed by atoms with E-state index in [1.807, 2.05) is 0 Å². The molecule has 2 aromatic rings. The molecule has 1 aliphatic heterocycles. The van der Waals surface area contributed by atoms with Gasteiger partial charge in [-0.25, -0.2) is 0 Å². The van der Waals surface area contributed by atoms with Gasteiger partial charge in [-0.1, -0.05) is 21.1 Å². The average Bonchev–Trinajstić information content (AvgIpc) is 3.21. The fraction of sp³-hybridized carbons (Fsp3) is 0.438. The Morgan fingerprint density at radius 1 is 1.40 bits per heavy atom. The highest BCUT2D eigenvalue weighted by molar-refractivity contribution is 14.0. The number of halogens is 2. The summed E-state index contributed by atoms with van der Waals surface area (Å²) in [7, 11) is 1.76. The van der Waals surface area contributed by atoms with E-state index in [0.29, 0.717) is 24.3 Å². The minimum Gasteiger partial charge on any atom is -0.369 e. The van der Waals surface area contributed by atoms with Crippen LogP contribution in [-0.2, 0) is 6.54 Å². The van der Waals surface area contributed by atoms with E-state index in [2.05, 4.69) is 70.9 Å². The molecule has 3 rings (SSSR count). The molecule has 1 atom stereocenters. The van der Waals surface area contributed by atoms with Gasteiger partial charge in [0.1, 0.15) is 0 Å². The highest BCUT2D eigenvalue weighted by atomic mass is 127. The highest BCUT2D eigenvalue weighted by Gasteiger charge is 2.23. The van der Waals surface area contributed by atoms with Crippen molar-refractivity contribution in [2.75, 3.05) is 25.0 Å². The third-order valence-corrected chi connectivity index (χ3v) is 4.45. The van der Waals surface area contributed by atoms with Crippen LogP contribution in [0.1, 0.15) is 18.1 Å². The lowest BCUT2D eigenvalue weighted by molar-refractivity contribution is 0.371. The van der Waals surface area contributed by atoms with Crippen LogP contribution in [0.5, 0.6) is 0 Å². The Bertz CT molecular complexity index is 705. The van der Waals surface area contributed by atoms with Gasteiger partial charge in [-0.15, -0.1) is 24.0 Å². The second kappa shape index (κ2) is 9.37. The Kier molecular flexibility index (Phi) is 7.48. The van der Waals surface area contributed by atoms with E-state index in [0.717, 1.165) is 29.9 Å². The monoisotopic (exact) mass is 520 g/mol. The SMILES string of the molecule is CN=C(NCc1nc(C)no1)NC1CCN(c2ccc(Br)cc2)C1.I. The van der Waals surface area contributed by atoms with Gasteiger partial charge in [-0.05, 0) is 37.6 Å². The van der Waals surface area contributed by atoms with Crippen LogP contribution in [0.25, 0.3) is 0 Å². The molecule has 1 aromatic carbocycles. The van der Waals surface area contributed by atoms with Gasteiger partial charge >= 0.3 is 0 Å². The first-order valence-corrected chi connectivity index (χ1v) is 8.70. The van der Waals surface area contributed by atoms with Gasteiger partial charge in [-0.3, -0.25) is 4.99 Å². The van der Waals surface area contributed by atoms with E-state index in [-0.39, 0.29) is 24.0 Å². The van der Waals surface area contributed by atoms with Crippen LogP contribution < -0.4 is 15.5 Å². The Morgan fingerprint density at radius 3 is 2.80 bits per heavy atom. The van der Waals surface area contributed by atoms with Crippen LogP contribution >= 0.6 is 39.9 Å². The topological polar surface area (TPSA) is 78.6 Å². The zero-order chi connectivity index (χ0) is 16.9. The summed E-state index contributed by atoms with van der Waals surface area (Å²) in [5, 5.41) is 10.4. The third kappa shape index (κ3) is 5.56. The molecule has 1 fully saturated rings. The Hall–Kier alpha value is -1.36. The van der Waals surface area contributed by atoms with Crippen LogP contribution in [0.3, 0.4) is 0 Å².